The van der Waals surface area contributed by atoms with Gasteiger partial charge >= 0.3 is 0 Å². The maximum Gasteiger partial charge on any atom is 0.255 e. The minimum Gasteiger partial charge on any atom is -0.493 e. The lowest BCUT2D eigenvalue weighted by Gasteiger charge is -2.13. The summed E-state index contributed by atoms with van der Waals surface area (Å²) in [6, 6.07) is 27.1. The first-order valence-electron chi connectivity index (χ1n) is 11.7. The second kappa shape index (κ2) is 11.8. The first kappa shape index (κ1) is 25.3. The lowest BCUT2D eigenvalue weighted by Crippen LogP contribution is -2.15. The van der Waals surface area contributed by atoms with Crippen LogP contribution in [0.1, 0.15) is 31.8 Å². The summed E-state index contributed by atoms with van der Waals surface area (Å²) in [6.07, 6.45) is 0. The molecule has 2 amide bonds. The van der Waals surface area contributed by atoms with Crippen molar-refractivity contribution in [2.45, 2.75) is 13.5 Å². The van der Waals surface area contributed by atoms with E-state index in [-0.39, 0.29) is 11.8 Å². The number of methoxy groups -OCH3 is 2. The average molecular weight is 497 g/mol. The molecule has 0 atom stereocenters. The van der Waals surface area contributed by atoms with Gasteiger partial charge in [-0.1, -0.05) is 36.4 Å². The summed E-state index contributed by atoms with van der Waals surface area (Å²) >= 11 is 0. The van der Waals surface area contributed by atoms with E-state index in [2.05, 4.69) is 10.6 Å². The first-order valence-corrected chi connectivity index (χ1v) is 11.7. The molecule has 4 rings (SSSR count). The normalized spacial score (nSPS) is 10.4. The van der Waals surface area contributed by atoms with Crippen LogP contribution in [0, 0.1) is 6.92 Å². The Labute approximate surface area is 216 Å². The molecule has 0 radical (unpaired) electrons. The molecule has 0 aliphatic carbocycles. The summed E-state index contributed by atoms with van der Waals surface area (Å²) in [5.74, 6) is 1.10. The van der Waals surface area contributed by atoms with Gasteiger partial charge in [0, 0.05) is 22.5 Å². The molecule has 4 aromatic rings. The Morgan fingerprint density at radius 3 is 2.08 bits per heavy atom. The summed E-state index contributed by atoms with van der Waals surface area (Å²) in [6.45, 7) is 2.33. The van der Waals surface area contributed by atoms with Crippen LogP contribution in [0.3, 0.4) is 0 Å². The molecule has 0 aliphatic rings. The van der Waals surface area contributed by atoms with Crippen molar-refractivity contribution < 1.29 is 23.8 Å². The predicted molar refractivity (Wildman–Crippen MR) is 144 cm³/mol. The number of aryl methyl sites for hydroxylation is 1. The zero-order chi connectivity index (χ0) is 26.2. The van der Waals surface area contributed by atoms with E-state index >= 15 is 0 Å². The number of rotatable bonds is 9. The molecular weight excluding hydrogens is 468 g/mol. The number of hydrogen-bond acceptors (Lipinski definition) is 5. The van der Waals surface area contributed by atoms with Crippen molar-refractivity contribution in [3.8, 4) is 17.2 Å². The highest BCUT2D eigenvalue weighted by atomic mass is 16.5. The molecule has 0 saturated carbocycles. The third-order valence-corrected chi connectivity index (χ3v) is 5.75. The zero-order valence-corrected chi connectivity index (χ0v) is 20.9. The Morgan fingerprint density at radius 1 is 0.703 bits per heavy atom. The highest BCUT2D eigenvalue weighted by Gasteiger charge is 2.13. The van der Waals surface area contributed by atoms with Crippen molar-refractivity contribution in [1.29, 1.82) is 0 Å². The molecule has 0 bridgehead atoms. The van der Waals surface area contributed by atoms with Crippen LogP contribution in [0.15, 0.2) is 91.0 Å². The van der Waals surface area contributed by atoms with E-state index < -0.39 is 0 Å². The molecule has 0 spiro atoms. The maximum atomic E-state index is 12.9. The Hall–Kier alpha value is -4.78. The summed E-state index contributed by atoms with van der Waals surface area (Å²) in [5, 5.41) is 5.78. The van der Waals surface area contributed by atoms with Crippen LogP contribution in [-0.2, 0) is 6.61 Å². The highest BCUT2D eigenvalue weighted by Crippen LogP contribution is 2.28. The topological polar surface area (TPSA) is 85.9 Å². The predicted octanol–water partition coefficient (Wildman–Crippen LogP) is 6.10. The monoisotopic (exact) mass is 496 g/mol. The van der Waals surface area contributed by atoms with Gasteiger partial charge in [0.05, 0.1) is 14.2 Å². The van der Waals surface area contributed by atoms with Crippen LogP contribution in [-0.4, -0.2) is 26.0 Å². The molecule has 0 fully saturated rings. The summed E-state index contributed by atoms with van der Waals surface area (Å²) in [7, 11) is 3.05. The number of ether oxygens (including phenoxy) is 3. The molecule has 0 unspecified atom stereocenters. The second-order valence-electron chi connectivity index (χ2n) is 8.31. The van der Waals surface area contributed by atoms with E-state index in [0.717, 1.165) is 11.1 Å². The fraction of sp³-hybridized carbons (Fsp3) is 0.133. The molecule has 37 heavy (non-hydrogen) atoms. The third kappa shape index (κ3) is 6.46. The molecule has 188 valence electrons. The van der Waals surface area contributed by atoms with Crippen LogP contribution in [0.4, 0.5) is 11.4 Å². The number of amides is 2. The second-order valence-corrected chi connectivity index (χ2v) is 8.31. The van der Waals surface area contributed by atoms with Gasteiger partial charge in [-0.15, -0.1) is 0 Å². The number of anilines is 2. The third-order valence-electron chi connectivity index (χ3n) is 5.75. The van der Waals surface area contributed by atoms with Crippen LogP contribution in [0.2, 0.25) is 0 Å². The number of carbonyl (C=O) groups is 2. The van der Waals surface area contributed by atoms with Crippen LogP contribution >= 0.6 is 0 Å². The minimum atomic E-state index is -0.307. The molecule has 0 heterocycles. The van der Waals surface area contributed by atoms with Gasteiger partial charge in [0.1, 0.15) is 12.4 Å². The standard InChI is InChI=1S/C30H28N2O5/c1-20-9-13-24(18-26(20)32-30(34)23-12-16-27(35-2)28(17-23)36-3)31-29(33)22-10-14-25(15-11-22)37-19-21-7-5-4-6-8-21/h4-18H,19H2,1-3H3,(H,31,33)(H,32,34). The molecule has 0 aromatic heterocycles. The summed E-state index contributed by atoms with van der Waals surface area (Å²) in [5.41, 5.74) is 3.97. The number of benzene rings is 4. The molecular formula is C30H28N2O5. The van der Waals surface area contributed by atoms with E-state index in [9.17, 15) is 9.59 Å². The Kier molecular flexibility index (Phi) is 8.05. The quantitative estimate of drug-likeness (QED) is 0.293. The van der Waals surface area contributed by atoms with E-state index in [1.165, 1.54) is 14.2 Å². The van der Waals surface area contributed by atoms with E-state index in [1.54, 1.807) is 54.6 Å². The first-order chi connectivity index (χ1) is 18.0. The van der Waals surface area contributed by atoms with Gasteiger partial charge < -0.3 is 24.8 Å². The Balaban J connectivity index is 1.40. The van der Waals surface area contributed by atoms with Crippen molar-refractivity contribution in [3.05, 3.63) is 113 Å². The molecule has 2 N–H and O–H groups in total. The van der Waals surface area contributed by atoms with Gasteiger partial charge in [0.15, 0.2) is 11.5 Å². The van der Waals surface area contributed by atoms with Crippen molar-refractivity contribution >= 4 is 23.2 Å². The fourth-order valence-electron chi connectivity index (χ4n) is 3.65. The van der Waals surface area contributed by atoms with Gasteiger partial charge in [0.2, 0.25) is 0 Å². The molecule has 7 nitrogen and oxygen atoms in total. The molecule has 0 saturated heterocycles. The highest BCUT2D eigenvalue weighted by molar-refractivity contribution is 6.07. The fourth-order valence-corrected chi connectivity index (χ4v) is 3.65. The average Bonchev–Trinajstić information content (AvgIpc) is 2.94. The van der Waals surface area contributed by atoms with Crippen molar-refractivity contribution in [1.82, 2.24) is 0 Å². The van der Waals surface area contributed by atoms with Crippen LogP contribution in [0.5, 0.6) is 17.2 Å². The van der Waals surface area contributed by atoms with Gasteiger partial charge in [-0.3, -0.25) is 9.59 Å². The van der Waals surface area contributed by atoms with Gasteiger partial charge in [-0.25, -0.2) is 0 Å². The molecule has 4 aromatic carbocycles. The van der Waals surface area contributed by atoms with Crippen molar-refractivity contribution in [3.63, 3.8) is 0 Å². The van der Waals surface area contributed by atoms with Crippen molar-refractivity contribution in [2.75, 3.05) is 24.9 Å². The molecule has 7 heteroatoms. The van der Waals surface area contributed by atoms with Gasteiger partial charge in [-0.2, -0.15) is 0 Å². The van der Waals surface area contributed by atoms with Gasteiger partial charge in [0.25, 0.3) is 11.8 Å². The summed E-state index contributed by atoms with van der Waals surface area (Å²) in [4.78, 5) is 25.7. The zero-order valence-electron chi connectivity index (χ0n) is 20.9. The minimum absolute atomic E-state index is 0.268. The van der Waals surface area contributed by atoms with Crippen LogP contribution < -0.4 is 24.8 Å². The number of hydrogen-bond donors (Lipinski definition) is 2. The number of nitrogens with one attached hydrogen (secondary N) is 2. The number of carbonyl (C=O) groups excluding carboxylic acids is 2. The Bertz CT molecular complexity index is 1390. The van der Waals surface area contributed by atoms with E-state index in [1.807, 2.05) is 43.3 Å². The Morgan fingerprint density at radius 2 is 1.38 bits per heavy atom. The largest absolute Gasteiger partial charge is 0.493 e. The molecule has 0 aliphatic heterocycles. The SMILES string of the molecule is COc1ccc(C(=O)Nc2cc(NC(=O)c3ccc(OCc4ccccc4)cc3)ccc2C)cc1OC. The van der Waals surface area contributed by atoms with E-state index in [4.69, 9.17) is 14.2 Å². The van der Waals surface area contributed by atoms with Crippen LogP contribution in [0.25, 0.3) is 0 Å². The van der Waals surface area contributed by atoms with Crippen molar-refractivity contribution in [2.24, 2.45) is 0 Å². The summed E-state index contributed by atoms with van der Waals surface area (Å²) < 4.78 is 16.3. The lowest BCUT2D eigenvalue weighted by atomic mass is 10.1. The maximum absolute atomic E-state index is 12.9. The lowest BCUT2D eigenvalue weighted by molar-refractivity contribution is 0.101. The van der Waals surface area contributed by atoms with E-state index in [0.29, 0.717) is 46.4 Å². The van der Waals surface area contributed by atoms with Gasteiger partial charge in [-0.05, 0) is 72.6 Å². The smallest absolute Gasteiger partial charge is 0.255 e.